The molecular weight excluding hydrogens is 220 g/mol. The number of rotatable bonds is 5. The maximum atomic E-state index is 11.6. The van der Waals surface area contributed by atoms with Gasteiger partial charge in [0.05, 0.1) is 6.42 Å². The summed E-state index contributed by atoms with van der Waals surface area (Å²) in [6.45, 7) is 10.4. The van der Waals surface area contributed by atoms with E-state index in [0.717, 1.165) is 0 Å². The number of amides is 2. The van der Waals surface area contributed by atoms with Crippen LogP contribution in [0.5, 0.6) is 0 Å². The Morgan fingerprint density at radius 1 is 1.24 bits per heavy atom. The third kappa shape index (κ3) is 8.54. The standard InChI is InChI=1S/C12H24N2O3/c1-8(2)9(6-10(15)16)14-11(17)13-7-12(3,4)5/h8-9H,6-7H2,1-5H3,(H,15,16)(H2,13,14,17). The van der Waals surface area contributed by atoms with Crippen LogP contribution in [0, 0.1) is 11.3 Å². The summed E-state index contributed by atoms with van der Waals surface area (Å²) in [7, 11) is 0. The lowest BCUT2D eigenvalue weighted by atomic mass is 9.97. The van der Waals surface area contributed by atoms with Gasteiger partial charge in [-0.25, -0.2) is 4.79 Å². The third-order valence-corrected chi connectivity index (χ3v) is 2.30. The van der Waals surface area contributed by atoms with Crippen molar-refractivity contribution in [3.63, 3.8) is 0 Å². The summed E-state index contributed by atoms with van der Waals surface area (Å²) in [5.74, 6) is -0.814. The highest BCUT2D eigenvalue weighted by atomic mass is 16.4. The van der Waals surface area contributed by atoms with Crippen molar-refractivity contribution in [3.8, 4) is 0 Å². The minimum atomic E-state index is -0.903. The largest absolute Gasteiger partial charge is 0.481 e. The van der Waals surface area contributed by atoms with Crippen LogP contribution >= 0.6 is 0 Å². The molecule has 1 atom stereocenters. The molecule has 0 saturated carbocycles. The molecule has 17 heavy (non-hydrogen) atoms. The number of hydrogen-bond acceptors (Lipinski definition) is 2. The van der Waals surface area contributed by atoms with Crippen LogP contribution in [0.3, 0.4) is 0 Å². The van der Waals surface area contributed by atoms with Crippen molar-refractivity contribution in [2.75, 3.05) is 6.54 Å². The van der Waals surface area contributed by atoms with E-state index in [1.165, 1.54) is 0 Å². The molecule has 0 aromatic rings. The number of hydrogen-bond donors (Lipinski definition) is 3. The number of carboxylic acid groups (broad SMARTS) is 1. The first-order chi connectivity index (χ1) is 7.61. The van der Waals surface area contributed by atoms with E-state index in [2.05, 4.69) is 10.6 Å². The van der Waals surface area contributed by atoms with Gasteiger partial charge in [0.2, 0.25) is 0 Å². The van der Waals surface area contributed by atoms with Crippen LogP contribution < -0.4 is 10.6 Å². The van der Waals surface area contributed by atoms with Crippen LogP contribution in [-0.4, -0.2) is 29.7 Å². The predicted molar refractivity (Wildman–Crippen MR) is 66.9 cm³/mol. The zero-order valence-electron chi connectivity index (χ0n) is 11.3. The molecule has 0 aromatic carbocycles. The number of aliphatic carboxylic acids is 1. The lowest BCUT2D eigenvalue weighted by Gasteiger charge is -2.23. The quantitative estimate of drug-likeness (QED) is 0.690. The molecule has 0 fully saturated rings. The first-order valence-corrected chi connectivity index (χ1v) is 5.88. The van der Waals surface area contributed by atoms with Gasteiger partial charge in [-0.1, -0.05) is 34.6 Å². The van der Waals surface area contributed by atoms with Crippen LogP contribution in [0.4, 0.5) is 4.79 Å². The summed E-state index contributed by atoms with van der Waals surface area (Å²) >= 11 is 0. The third-order valence-electron chi connectivity index (χ3n) is 2.30. The molecule has 2 amide bonds. The monoisotopic (exact) mass is 244 g/mol. The van der Waals surface area contributed by atoms with Gasteiger partial charge in [-0.05, 0) is 11.3 Å². The van der Waals surface area contributed by atoms with Crippen LogP contribution in [0.1, 0.15) is 41.0 Å². The van der Waals surface area contributed by atoms with E-state index < -0.39 is 5.97 Å². The summed E-state index contributed by atoms with van der Waals surface area (Å²) in [4.78, 5) is 22.2. The average Bonchev–Trinajstić information content (AvgIpc) is 2.11. The second-order valence-corrected chi connectivity index (χ2v) is 5.84. The maximum absolute atomic E-state index is 11.6. The highest BCUT2D eigenvalue weighted by molar-refractivity contribution is 5.75. The van der Waals surface area contributed by atoms with Crippen LogP contribution in [0.15, 0.2) is 0 Å². The van der Waals surface area contributed by atoms with Crippen LogP contribution in [0.25, 0.3) is 0 Å². The first kappa shape index (κ1) is 15.7. The van der Waals surface area contributed by atoms with Gasteiger partial charge in [0.1, 0.15) is 0 Å². The fourth-order valence-corrected chi connectivity index (χ4v) is 1.21. The fraction of sp³-hybridized carbons (Fsp3) is 0.833. The van der Waals surface area contributed by atoms with Crippen molar-refractivity contribution in [1.82, 2.24) is 10.6 Å². The van der Waals surface area contributed by atoms with Gasteiger partial charge in [-0.15, -0.1) is 0 Å². The highest BCUT2D eigenvalue weighted by Crippen LogP contribution is 2.10. The van der Waals surface area contributed by atoms with E-state index in [1.54, 1.807) is 0 Å². The number of carbonyl (C=O) groups excluding carboxylic acids is 1. The Morgan fingerprint density at radius 2 is 1.76 bits per heavy atom. The molecule has 0 spiro atoms. The molecule has 0 radical (unpaired) electrons. The van der Waals surface area contributed by atoms with E-state index in [4.69, 9.17) is 5.11 Å². The van der Waals surface area contributed by atoms with Crippen molar-refractivity contribution in [1.29, 1.82) is 0 Å². The SMILES string of the molecule is CC(C)C(CC(=O)O)NC(=O)NCC(C)(C)C. The molecule has 0 heterocycles. The second kappa shape index (κ2) is 6.47. The van der Waals surface area contributed by atoms with Crippen LogP contribution in [-0.2, 0) is 4.79 Å². The number of carbonyl (C=O) groups is 2. The lowest BCUT2D eigenvalue weighted by Crippen LogP contribution is -2.47. The maximum Gasteiger partial charge on any atom is 0.315 e. The molecule has 0 aromatic heterocycles. The van der Waals surface area contributed by atoms with Crippen molar-refractivity contribution >= 4 is 12.0 Å². The number of carboxylic acids is 1. The summed E-state index contributed by atoms with van der Waals surface area (Å²) < 4.78 is 0. The number of urea groups is 1. The van der Waals surface area contributed by atoms with Gasteiger partial charge in [0, 0.05) is 12.6 Å². The Bertz CT molecular complexity index is 269. The van der Waals surface area contributed by atoms with Gasteiger partial charge >= 0.3 is 12.0 Å². The normalized spacial score (nSPS) is 13.3. The van der Waals surface area contributed by atoms with Gasteiger partial charge in [0.15, 0.2) is 0 Å². The highest BCUT2D eigenvalue weighted by Gasteiger charge is 2.20. The summed E-state index contributed by atoms with van der Waals surface area (Å²) in [6, 6.07) is -0.646. The fourth-order valence-electron chi connectivity index (χ4n) is 1.21. The molecule has 5 nitrogen and oxygen atoms in total. The number of nitrogens with one attached hydrogen (secondary N) is 2. The molecule has 5 heteroatoms. The molecule has 0 bridgehead atoms. The smallest absolute Gasteiger partial charge is 0.315 e. The Kier molecular flexibility index (Phi) is 5.99. The Labute approximate surface area is 103 Å². The molecule has 100 valence electrons. The molecule has 0 rings (SSSR count). The predicted octanol–water partition coefficient (Wildman–Crippen LogP) is 1.83. The molecule has 3 N–H and O–H groups in total. The molecule has 1 unspecified atom stereocenters. The van der Waals surface area contributed by atoms with E-state index in [9.17, 15) is 9.59 Å². The van der Waals surface area contributed by atoms with Gasteiger partial charge in [-0.3, -0.25) is 4.79 Å². The van der Waals surface area contributed by atoms with Crippen molar-refractivity contribution < 1.29 is 14.7 Å². The molecular formula is C12H24N2O3. The van der Waals surface area contributed by atoms with Gasteiger partial charge < -0.3 is 15.7 Å². The molecule has 0 aliphatic heterocycles. The Morgan fingerprint density at radius 3 is 2.12 bits per heavy atom. The summed E-state index contributed by atoms with van der Waals surface area (Å²) in [5.41, 5.74) is 0.0114. The first-order valence-electron chi connectivity index (χ1n) is 5.88. The average molecular weight is 244 g/mol. The van der Waals surface area contributed by atoms with Crippen LogP contribution in [0.2, 0.25) is 0 Å². The zero-order chi connectivity index (χ0) is 13.6. The van der Waals surface area contributed by atoms with E-state index in [-0.39, 0.29) is 29.8 Å². The van der Waals surface area contributed by atoms with E-state index >= 15 is 0 Å². The van der Waals surface area contributed by atoms with Gasteiger partial charge in [-0.2, -0.15) is 0 Å². The molecule has 0 saturated heterocycles. The molecule has 0 aliphatic rings. The zero-order valence-corrected chi connectivity index (χ0v) is 11.3. The van der Waals surface area contributed by atoms with Gasteiger partial charge in [0.25, 0.3) is 0 Å². The lowest BCUT2D eigenvalue weighted by molar-refractivity contribution is -0.137. The Balaban J connectivity index is 4.18. The van der Waals surface area contributed by atoms with Crippen molar-refractivity contribution in [3.05, 3.63) is 0 Å². The summed E-state index contributed by atoms with van der Waals surface area (Å²) in [6.07, 6.45) is -0.0550. The minimum Gasteiger partial charge on any atom is -0.481 e. The second-order valence-electron chi connectivity index (χ2n) is 5.84. The van der Waals surface area contributed by atoms with Crippen molar-refractivity contribution in [2.24, 2.45) is 11.3 Å². The van der Waals surface area contributed by atoms with Crippen molar-refractivity contribution in [2.45, 2.75) is 47.1 Å². The topological polar surface area (TPSA) is 78.4 Å². The minimum absolute atomic E-state index is 0.0114. The van der Waals surface area contributed by atoms with E-state index in [0.29, 0.717) is 6.54 Å². The Hall–Kier alpha value is -1.26. The molecule has 0 aliphatic carbocycles. The van der Waals surface area contributed by atoms with E-state index in [1.807, 2.05) is 34.6 Å². The summed E-state index contributed by atoms with van der Waals surface area (Å²) in [5, 5.41) is 14.2.